The Bertz CT molecular complexity index is 1350. The van der Waals surface area contributed by atoms with E-state index in [1.807, 2.05) is 42.5 Å². The van der Waals surface area contributed by atoms with Gasteiger partial charge in [-0.2, -0.15) is 35.9 Å². The molecule has 0 aliphatic carbocycles. The van der Waals surface area contributed by atoms with Crippen molar-refractivity contribution in [1.29, 1.82) is 0 Å². The Morgan fingerprint density at radius 2 is 1.33 bits per heavy atom. The third-order valence-corrected chi connectivity index (χ3v) is 7.48. The summed E-state index contributed by atoms with van der Waals surface area (Å²) < 4.78 is 27.8. The summed E-state index contributed by atoms with van der Waals surface area (Å²) in [6.07, 6.45) is 0. The Labute approximate surface area is 227 Å². The van der Waals surface area contributed by atoms with E-state index < -0.39 is 17.0 Å². The van der Waals surface area contributed by atoms with Crippen molar-refractivity contribution in [2.75, 3.05) is 0 Å². The molecule has 2 nitrogen and oxygen atoms in total. The Morgan fingerprint density at radius 3 is 1.97 bits per heavy atom. The van der Waals surface area contributed by atoms with Gasteiger partial charge in [0.2, 0.25) is 0 Å². The molecule has 0 spiro atoms. The van der Waals surface area contributed by atoms with Gasteiger partial charge in [0.25, 0.3) is 0 Å². The van der Waals surface area contributed by atoms with Gasteiger partial charge in [-0.15, -0.1) is 12.1 Å². The van der Waals surface area contributed by atoms with E-state index in [0.29, 0.717) is 5.69 Å². The molecule has 188 valence electrons. The second-order valence-electron chi connectivity index (χ2n) is 10.5. The second-order valence-corrected chi connectivity index (χ2v) is 10.5. The van der Waals surface area contributed by atoms with E-state index in [1.54, 1.807) is 6.07 Å². The molecule has 0 N–H and O–H groups in total. The zero-order valence-corrected chi connectivity index (χ0v) is 23.7. The summed E-state index contributed by atoms with van der Waals surface area (Å²) in [6, 6.07) is 27.6. The van der Waals surface area contributed by atoms with Crippen molar-refractivity contribution in [2.45, 2.75) is 57.8 Å². The van der Waals surface area contributed by atoms with Crippen molar-refractivity contribution in [3.63, 3.8) is 0 Å². The molecule has 2 aromatic carbocycles. The van der Waals surface area contributed by atoms with E-state index in [-0.39, 0.29) is 37.5 Å². The van der Waals surface area contributed by atoms with Crippen molar-refractivity contribution < 1.29 is 29.8 Å². The van der Waals surface area contributed by atoms with Crippen LogP contribution < -0.4 is 0 Å². The van der Waals surface area contributed by atoms with Gasteiger partial charge in [-0.1, -0.05) is 57.5 Å². The van der Waals surface area contributed by atoms with Crippen LogP contribution >= 0.6 is 0 Å². The summed E-state index contributed by atoms with van der Waals surface area (Å²) >= 11 is 0. The molecule has 0 atom stereocenters. The molecular formula is C31H30F2N2Pt. The van der Waals surface area contributed by atoms with Crippen molar-refractivity contribution in [2.24, 2.45) is 0 Å². The maximum Gasteiger partial charge on any atom is 2.00 e. The van der Waals surface area contributed by atoms with Crippen LogP contribution in [0.5, 0.6) is 0 Å². The normalized spacial score (nSPS) is 12.2. The second kappa shape index (κ2) is 10.3. The van der Waals surface area contributed by atoms with E-state index in [1.165, 1.54) is 0 Å². The molecule has 4 aromatic rings. The van der Waals surface area contributed by atoms with Crippen molar-refractivity contribution >= 4 is 0 Å². The van der Waals surface area contributed by atoms with Gasteiger partial charge < -0.3 is 4.98 Å². The molecule has 0 aliphatic heterocycles. The van der Waals surface area contributed by atoms with Gasteiger partial charge in [0, 0.05) is 33.9 Å². The van der Waals surface area contributed by atoms with Gasteiger partial charge in [-0.25, -0.2) is 0 Å². The molecule has 2 heterocycles. The van der Waals surface area contributed by atoms with Crippen molar-refractivity contribution in [3.05, 3.63) is 119 Å². The first-order valence-corrected chi connectivity index (χ1v) is 11.7. The number of hydrogen-bond donors (Lipinski definition) is 0. The number of hydrogen-bond acceptors (Lipinski definition) is 2. The van der Waals surface area contributed by atoms with Crippen LogP contribution in [-0.4, -0.2) is 9.97 Å². The Kier molecular flexibility index (Phi) is 8.00. The minimum atomic E-state index is -0.686. The number of halogens is 2. The van der Waals surface area contributed by atoms with Crippen molar-refractivity contribution in [3.8, 4) is 11.3 Å². The fourth-order valence-electron chi connectivity index (χ4n) is 4.26. The van der Waals surface area contributed by atoms with Crippen LogP contribution in [0.3, 0.4) is 0 Å². The van der Waals surface area contributed by atoms with Gasteiger partial charge in [0.05, 0.1) is 5.69 Å². The number of rotatable bonds is 6. The molecule has 0 bridgehead atoms. The number of pyridine rings is 2. The zero-order chi connectivity index (χ0) is 25.4. The van der Waals surface area contributed by atoms with Gasteiger partial charge in [-0.05, 0) is 43.2 Å². The molecule has 4 rings (SSSR count). The van der Waals surface area contributed by atoms with Crippen LogP contribution in [0.1, 0.15) is 64.2 Å². The molecular weight excluding hydrogens is 633 g/mol. The van der Waals surface area contributed by atoms with E-state index in [9.17, 15) is 8.78 Å². The monoisotopic (exact) mass is 663 g/mol. The van der Waals surface area contributed by atoms with Crippen LogP contribution in [0.4, 0.5) is 8.78 Å². The van der Waals surface area contributed by atoms with Gasteiger partial charge in [-0.3, -0.25) is 13.8 Å². The van der Waals surface area contributed by atoms with Gasteiger partial charge in [0.15, 0.2) is 0 Å². The maximum absolute atomic E-state index is 14.4. The quantitative estimate of drug-likeness (QED) is 0.199. The summed E-state index contributed by atoms with van der Waals surface area (Å²) in [4.78, 5) is 9.86. The van der Waals surface area contributed by atoms with Crippen LogP contribution in [0.15, 0.2) is 72.8 Å². The fourth-order valence-corrected chi connectivity index (χ4v) is 4.26. The van der Waals surface area contributed by atoms with E-state index in [0.717, 1.165) is 34.8 Å². The predicted octanol–water partition coefficient (Wildman–Crippen LogP) is 7.60. The van der Waals surface area contributed by atoms with Crippen LogP contribution in [0.25, 0.3) is 11.3 Å². The maximum atomic E-state index is 14.4. The van der Waals surface area contributed by atoms with Crippen LogP contribution in [0.2, 0.25) is 0 Å². The fraction of sp³-hybridized carbons (Fsp3) is 0.290. The SMILES string of the molecule is CC(C)(c1cccc(-c2[c-]cc(F)cc2F)n1)c1cccc(C(C)(C)C(C)(C)c2[c-]cccc2)n1.[Pt+2]. The molecule has 0 saturated heterocycles. The minimum absolute atomic E-state index is 0. The average molecular weight is 664 g/mol. The van der Waals surface area contributed by atoms with E-state index >= 15 is 0 Å². The first-order chi connectivity index (χ1) is 16.4. The first-order valence-electron chi connectivity index (χ1n) is 11.7. The standard InChI is InChI=1S/C31H30F2N2.Pt/c1-29(2,26-15-10-14-25(34-26)23-19-18-22(32)20-24(23)33)27-16-11-17-28(35-27)31(5,6)30(3,4)21-12-8-7-9-13-21;/h7-12,14-18,20H,1-6H3;/q-2;+2. The smallest absolute Gasteiger partial charge is 0.300 e. The molecule has 2 aromatic heterocycles. The number of nitrogens with zero attached hydrogens (tertiary/aromatic N) is 2. The first kappa shape index (κ1) is 27.9. The molecule has 5 heteroatoms. The largest absolute Gasteiger partial charge is 2.00 e. The molecule has 36 heavy (non-hydrogen) atoms. The summed E-state index contributed by atoms with van der Waals surface area (Å²) in [7, 11) is 0. The van der Waals surface area contributed by atoms with Gasteiger partial charge >= 0.3 is 21.1 Å². The Morgan fingerprint density at radius 1 is 0.694 bits per heavy atom. The predicted molar refractivity (Wildman–Crippen MR) is 136 cm³/mol. The summed E-state index contributed by atoms with van der Waals surface area (Å²) in [5, 5.41) is 0. The third kappa shape index (κ3) is 5.06. The Balaban J connectivity index is 0.00000361. The number of benzene rings is 2. The minimum Gasteiger partial charge on any atom is -0.300 e. The summed E-state index contributed by atoms with van der Waals surface area (Å²) in [6.45, 7) is 13.0. The number of aromatic nitrogens is 2. The average Bonchev–Trinajstić information content (AvgIpc) is 2.84. The summed E-state index contributed by atoms with van der Waals surface area (Å²) in [5.74, 6) is -1.35. The van der Waals surface area contributed by atoms with E-state index in [4.69, 9.17) is 9.97 Å². The molecule has 0 saturated carbocycles. The van der Waals surface area contributed by atoms with Gasteiger partial charge in [0.1, 0.15) is 0 Å². The van der Waals surface area contributed by atoms with Crippen LogP contribution in [0, 0.1) is 23.8 Å². The summed E-state index contributed by atoms with van der Waals surface area (Å²) in [5.41, 5.74) is 3.19. The zero-order valence-electron chi connectivity index (χ0n) is 21.4. The van der Waals surface area contributed by atoms with Crippen molar-refractivity contribution in [1.82, 2.24) is 9.97 Å². The van der Waals surface area contributed by atoms with Crippen LogP contribution in [-0.2, 0) is 37.3 Å². The Hall–Kier alpha value is -2.71. The molecule has 0 radical (unpaired) electrons. The van der Waals surface area contributed by atoms with E-state index in [2.05, 4.69) is 65.8 Å². The molecule has 0 aliphatic rings. The molecule has 0 amide bonds. The molecule has 0 unspecified atom stereocenters. The topological polar surface area (TPSA) is 25.8 Å². The third-order valence-electron chi connectivity index (χ3n) is 7.48. The molecule has 0 fully saturated rings.